The molecule has 0 atom stereocenters. The molecule has 0 aliphatic heterocycles. The van der Waals surface area contributed by atoms with Gasteiger partial charge in [-0.3, -0.25) is 4.90 Å². The summed E-state index contributed by atoms with van der Waals surface area (Å²) < 4.78 is 32.2. The molecule has 0 spiro atoms. The highest BCUT2D eigenvalue weighted by Gasteiger charge is 2.05. The first kappa shape index (κ1) is 30.7. The zero-order chi connectivity index (χ0) is 22.7. The van der Waals surface area contributed by atoms with E-state index in [2.05, 4.69) is 11.8 Å². The summed E-state index contributed by atoms with van der Waals surface area (Å²) >= 11 is 0. The van der Waals surface area contributed by atoms with Crippen molar-refractivity contribution in [1.82, 2.24) is 4.90 Å². The lowest BCUT2D eigenvalue weighted by Crippen LogP contribution is -2.32. The largest absolute Gasteiger partial charge is 0.382 e. The molecule has 0 aromatic carbocycles. The normalized spacial score (nSPS) is 11.6. The van der Waals surface area contributed by atoms with E-state index in [0.717, 1.165) is 32.8 Å². The molecule has 7 nitrogen and oxygen atoms in total. The molecule has 0 unspecified atom stereocenters. The van der Waals surface area contributed by atoms with E-state index in [4.69, 9.17) is 28.4 Å². The third kappa shape index (κ3) is 25.9. The lowest BCUT2D eigenvalue weighted by Gasteiger charge is -2.22. The molecule has 0 amide bonds. The predicted octanol–water partition coefficient (Wildman–Crippen LogP) is 3.79. The molecule has 0 fully saturated rings. The van der Waals surface area contributed by atoms with Gasteiger partial charge in [0.25, 0.3) is 0 Å². The highest BCUT2D eigenvalue weighted by Crippen LogP contribution is 2.09. The maximum atomic E-state index is 5.73. The van der Waals surface area contributed by atoms with Gasteiger partial charge in [-0.25, -0.2) is 0 Å². The van der Waals surface area contributed by atoms with Crippen molar-refractivity contribution in [2.75, 3.05) is 99.9 Å². The average Bonchev–Trinajstić information content (AvgIpc) is 2.78. The molecule has 0 saturated carbocycles. The number of unbranched alkanes of at least 4 members (excludes halogenated alkanes) is 7. The first-order valence-electron chi connectivity index (χ1n) is 12.4. The van der Waals surface area contributed by atoms with Gasteiger partial charge >= 0.3 is 0 Å². The van der Waals surface area contributed by atoms with Crippen molar-refractivity contribution in [3.63, 3.8) is 0 Å². The Morgan fingerprint density at radius 2 is 0.806 bits per heavy atom. The smallest absolute Gasteiger partial charge is 0.0701 e. The van der Waals surface area contributed by atoms with Crippen molar-refractivity contribution in [2.45, 2.75) is 58.3 Å². The summed E-state index contributed by atoms with van der Waals surface area (Å²) in [6.07, 6.45) is 10.7. The van der Waals surface area contributed by atoms with Gasteiger partial charge in [0.1, 0.15) is 0 Å². The quantitative estimate of drug-likeness (QED) is 0.177. The van der Waals surface area contributed by atoms with E-state index >= 15 is 0 Å². The van der Waals surface area contributed by atoms with Crippen LogP contribution in [0.25, 0.3) is 0 Å². The van der Waals surface area contributed by atoms with Crippen LogP contribution < -0.4 is 0 Å². The molecule has 0 aromatic heterocycles. The second-order valence-electron chi connectivity index (χ2n) is 7.75. The van der Waals surface area contributed by atoms with Crippen LogP contribution in [-0.2, 0) is 28.4 Å². The SMILES string of the molecule is CCCCCCCCCCN(CCOCCOCCOC)CCOCCOCCOC. The fourth-order valence-electron chi connectivity index (χ4n) is 3.12. The number of hydrogen-bond donors (Lipinski definition) is 0. The van der Waals surface area contributed by atoms with Gasteiger partial charge in [0.05, 0.1) is 66.1 Å². The summed E-state index contributed by atoms with van der Waals surface area (Å²) in [4.78, 5) is 2.45. The third-order valence-corrected chi connectivity index (χ3v) is 5.04. The predicted molar refractivity (Wildman–Crippen MR) is 126 cm³/mol. The summed E-state index contributed by atoms with van der Waals surface area (Å²) in [5.41, 5.74) is 0. The summed E-state index contributed by atoms with van der Waals surface area (Å²) in [6.45, 7) is 11.7. The number of rotatable bonds is 27. The van der Waals surface area contributed by atoms with E-state index in [1.165, 1.54) is 51.4 Å². The van der Waals surface area contributed by atoms with Gasteiger partial charge in [-0.2, -0.15) is 0 Å². The summed E-state index contributed by atoms with van der Waals surface area (Å²) in [7, 11) is 3.36. The maximum absolute atomic E-state index is 5.73. The van der Waals surface area contributed by atoms with E-state index in [0.29, 0.717) is 52.9 Å². The van der Waals surface area contributed by atoms with E-state index in [9.17, 15) is 0 Å². The lowest BCUT2D eigenvalue weighted by atomic mass is 10.1. The molecule has 0 saturated heterocycles. The second kappa shape index (κ2) is 27.8. The van der Waals surface area contributed by atoms with Gasteiger partial charge in [0.2, 0.25) is 0 Å². The minimum atomic E-state index is 0.619. The van der Waals surface area contributed by atoms with Crippen LogP contribution >= 0.6 is 0 Å². The topological polar surface area (TPSA) is 58.6 Å². The molecule has 0 rings (SSSR count). The van der Waals surface area contributed by atoms with Crippen molar-refractivity contribution in [3.8, 4) is 0 Å². The highest BCUT2D eigenvalue weighted by molar-refractivity contribution is 4.58. The van der Waals surface area contributed by atoms with Crippen molar-refractivity contribution >= 4 is 0 Å². The molecule has 0 aliphatic carbocycles. The van der Waals surface area contributed by atoms with Crippen molar-refractivity contribution < 1.29 is 28.4 Å². The lowest BCUT2D eigenvalue weighted by molar-refractivity contribution is 0.00922. The number of methoxy groups -OCH3 is 2. The highest BCUT2D eigenvalue weighted by atomic mass is 16.5. The third-order valence-electron chi connectivity index (χ3n) is 5.04. The molecule has 7 heteroatoms. The van der Waals surface area contributed by atoms with Gasteiger partial charge in [0, 0.05) is 27.3 Å². The molecule has 0 heterocycles. The molecular weight excluding hydrogens is 398 g/mol. The molecule has 31 heavy (non-hydrogen) atoms. The minimum Gasteiger partial charge on any atom is -0.382 e. The van der Waals surface area contributed by atoms with Crippen LogP contribution in [0.15, 0.2) is 0 Å². The molecule has 188 valence electrons. The maximum Gasteiger partial charge on any atom is 0.0701 e. The van der Waals surface area contributed by atoms with Gasteiger partial charge in [0.15, 0.2) is 0 Å². The fourth-order valence-corrected chi connectivity index (χ4v) is 3.12. The van der Waals surface area contributed by atoms with Crippen molar-refractivity contribution in [2.24, 2.45) is 0 Å². The Kier molecular flexibility index (Phi) is 27.5. The number of ether oxygens (including phenoxy) is 6. The molecule has 0 aromatic rings. The Morgan fingerprint density at radius 1 is 0.419 bits per heavy atom. The van der Waals surface area contributed by atoms with Crippen LogP contribution in [0.3, 0.4) is 0 Å². The van der Waals surface area contributed by atoms with Crippen molar-refractivity contribution in [1.29, 1.82) is 0 Å². The Balaban J connectivity index is 3.82. The van der Waals surface area contributed by atoms with E-state index in [1.807, 2.05) is 0 Å². The van der Waals surface area contributed by atoms with Crippen LogP contribution in [0.5, 0.6) is 0 Å². The van der Waals surface area contributed by atoms with E-state index in [1.54, 1.807) is 14.2 Å². The summed E-state index contributed by atoms with van der Waals surface area (Å²) in [5.74, 6) is 0. The van der Waals surface area contributed by atoms with E-state index < -0.39 is 0 Å². The monoisotopic (exact) mass is 449 g/mol. The number of nitrogens with zero attached hydrogens (tertiary/aromatic N) is 1. The molecule has 0 bridgehead atoms. The van der Waals surface area contributed by atoms with Crippen LogP contribution in [-0.4, -0.2) is 105 Å². The zero-order valence-corrected chi connectivity index (χ0v) is 20.7. The zero-order valence-electron chi connectivity index (χ0n) is 20.7. The molecule has 0 aliphatic rings. The fraction of sp³-hybridized carbons (Fsp3) is 1.00. The standard InChI is InChI=1S/C24H51NO6/c1-4-5-6-7-8-9-10-11-12-25(13-15-28-21-23-30-19-17-26-2)14-16-29-22-24-31-20-18-27-3/h4-24H2,1-3H3. The Labute approximate surface area is 192 Å². The van der Waals surface area contributed by atoms with Crippen LogP contribution in [0, 0.1) is 0 Å². The second-order valence-corrected chi connectivity index (χ2v) is 7.75. The molecule has 0 N–H and O–H groups in total. The number of hydrogen-bond acceptors (Lipinski definition) is 7. The van der Waals surface area contributed by atoms with Gasteiger partial charge < -0.3 is 28.4 Å². The van der Waals surface area contributed by atoms with Crippen LogP contribution in [0.4, 0.5) is 0 Å². The van der Waals surface area contributed by atoms with Crippen LogP contribution in [0.1, 0.15) is 58.3 Å². The average molecular weight is 450 g/mol. The van der Waals surface area contributed by atoms with Crippen LogP contribution in [0.2, 0.25) is 0 Å². The van der Waals surface area contributed by atoms with E-state index in [-0.39, 0.29) is 0 Å². The Hall–Kier alpha value is -0.280. The summed E-state index contributed by atoms with van der Waals surface area (Å²) in [6, 6.07) is 0. The van der Waals surface area contributed by atoms with Gasteiger partial charge in [-0.15, -0.1) is 0 Å². The molecular formula is C24H51NO6. The molecule has 0 radical (unpaired) electrons. The van der Waals surface area contributed by atoms with Gasteiger partial charge in [-0.1, -0.05) is 51.9 Å². The Bertz CT molecular complexity index is 275. The van der Waals surface area contributed by atoms with Gasteiger partial charge in [-0.05, 0) is 13.0 Å². The first-order valence-corrected chi connectivity index (χ1v) is 12.4. The minimum absolute atomic E-state index is 0.619. The first-order chi connectivity index (χ1) is 15.3. The van der Waals surface area contributed by atoms with Crippen molar-refractivity contribution in [3.05, 3.63) is 0 Å². The Morgan fingerprint density at radius 3 is 1.26 bits per heavy atom. The summed E-state index contributed by atoms with van der Waals surface area (Å²) in [5, 5.41) is 0.